The van der Waals surface area contributed by atoms with Gasteiger partial charge in [0.25, 0.3) is 0 Å². The smallest absolute Gasteiger partial charge is 0.184 e. The Morgan fingerprint density at radius 1 is 1.00 bits per heavy atom. The molecule has 0 aromatic heterocycles. The van der Waals surface area contributed by atoms with E-state index in [2.05, 4.69) is 31.8 Å². The van der Waals surface area contributed by atoms with Crippen molar-refractivity contribution in [2.75, 3.05) is 0 Å². The molecule has 1 aliphatic rings. The minimum atomic E-state index is -1.36. The topological polar surface area (TPSA) is 9.23 Å². The zero-order valence-electron chi connectivity index (χ0n) is 10.6. The lowest BCUT2D eigenvalue weighted by Gasteiger charge is -2.24. The molecule has 0 spiro atoms. The average Bonchev–Trinajstić information content (AvgIpc) is 2.13. The van der Waals surface area contributed by atoms with Crippen LogP contribution in [0, 0.1) is 0 Å². The number of allylic oxidation sites excluding steroid dienone is 1. The summed E-state index contributed by atoms with van der Waals surface area (Å²) in [6.45, 7) is 6.83. The first-order valence-electron chi connectivity index (χ1n) is 6.42. The standard InChI is InChI=1S/C13H26OSi/c1-15(2,3)14-13-11-9-7-5-4-6-8-10-12-13/h9,11,13H,4-8,10,12H2,1-3H3/b11-9+. The quantitative estimate of drug-likeness (QED) is 0.497. The van der Waals surface area contributed by atoms with Crippen LogP contribution in [-0.2, 0) is 4.43 Å². The first-order valence-corrected chi connectivity index (χ1v) is 9.83. The Morgan fingerprint density at radius 2 is 1.67 bits per heavy atom. The third kappa shape index (κ3) is 6.91. The summed E-state index contributed by atoms with van der Waals surface area (Å²) in [5.41, 5.74) is 0. The fraction of sp³-hybridized carbons (Fsp3) is 0.846. The number of hydrogen-bond donors (Lipinski definition) is 0. The normalized spacial score (nSPS) is 27.3. The van der Waals surface area contributed by atoms with Crippen LogP contribution in [0.2, 0.25) is 19.6 Å². The van der Waals surface area contributed by atoms with E-state index in [0.717, 1.165) is 0 Å². The third-order valence-corrected chi connectivity index (χ3v) is 3.72. The summed E-state index contributed by atoms with van der Waals surface area (Å²) in [7, 11) is -1.36. The first-order chi connectivity index (χ1) is 7.08. The van der Waals surface area contributed by atoms with Crippen LogP contribution in [0.3, 0.4) is 0 Å². The van der Waals surface area contributed by atoms with Crippen LogP contribution < -0.4 is 0 Å². The zero-order valence-corrected chi connectivity index (χ0v) is 11.6. The molecule has 1 aliphatic carbocycles. The van der Waals surface area contributed by atoms with Crippen LogP contribution in [-0.4, -0.2) is 14.4 Å². The summed E-state index contributed by atoms with van der Waals surface area (Å²) < 4.78 is 6.16. The van der Waals surface area contributed by atoms with Crippen molar-refractivity contribution in [3.8, 4) is 0 Å². The number of rotatable bonds is 2. The van der Waals surface area contributed by atoms with Crippen molar-refractivity contribution in [2.45, 2.75) is 70.7 Å². The summed E-state index contributed by atoms with van der Waals surface area (Å²) in [5.74, 6) is 0. The van der Waals surface area contributed by atoms with Gasteiger partial charge in [0.15, 0.2) is 8.32 Å². The molecule has 0 aromatic rings. The van der Waals surface area contributed by atoms with Crippen LogP contribution in [0.1, 0.15) is 44.9 Å². The fourth-order valence-electron chi connectivity index (χ4n) is 2.03. The molecule has 2 heteroatoms. The van der Waals surface area contributed by atoms with Crippen LogP contribution in [0.5, 0.6) is 0 Å². The Kier molecular flexibility index (Phi) is 5.62. The van der Waals surface area contributed by atoms with Crippen molar-refractivity contribution in [1.82, 2.24) is 0 Å². The van der Waals surface area contributed by atoms with E-state index in [0.29, 0.717) is 6.10 Å². The van der Waals surface area contributed by atoms with Crippen molar-refractivity contribution in [3.63, 3.8) is 0 Å². The molecule has 0 fully saturated rings. The highest BCUT2D eigenvalue weighted by Gasteiger charge is 2.19. The van der Waals surface area contributed by atoms with Gasteiger partial charge in [0.2, 0.25) is 0 Å². The predicted octanol–water partition coefficient (Wildman–Crippen LogP) is 4.51. The second-order valence-corrected chi connectivity index (χ2v) is 10.0. The maximum absolute atomic E-state index is 6.16. The van der Waals surface area contributed by atoms with Crippen LogP contribution in [0.25, 0.3) is 0 Å². The Bertz CT molecular complexity index is 193. The summed E-state index contributed by atoms with van der Waals surface area (Å²) in [6.07, 6.45) is 14.4. The van der Waals surface area contributed by atoms with Crippen LogP contribution in [0.4, 0.5) is 0 Å². The molecule has 0 radical (unpaired) electrons. The van der Waals surface area contributed by atoms with Gasteiger partial charge in [-0.25, -0.2) is 0 Å². The second-order valence-electron chi connectivity index (χ2n) is 5.54. The van der Waals surface area contributed by atoms with Gasteiger partial charge in [-0.05, 0) is 38.9 Å². The van der Waals surface area contributed by atoms with Crippen LogP contribution >= 0.6 is 0 Å². The maximum Gasteiger partial charge on any atom is 0.184 e. The van der Waals surface area contributed by atoms with Gasteiger partial charge in [0.1, 0.15) is 0 Å². The molecule has 0 bridgehead atoms. The SMILES string of the molecule is C[Si](C)(C)OC1/C=C/CCCCCCC1. The first kappa shape index (κ1) is 13.0. The van der Waals surface area contributed by atoms with Crippen molar-refractivity contribution < 1.29 is 4.43 Å². The summed E-state index contributed by atoms with van der Waals surface area (Å²) >= 11 is 0. The van der Waals surface area contributed by atoms with Crippen molar-refractivity contribution in [3.05, 3.63) is 12.2 Å². The molecule has 0 saturated heterocycles. The molecule has 0 N–H and O–H groups in total. The third-order valence-electron chi connectivity index (χ3n) is 2.72. The molecule has 1 rings (SSSR count). The molecule has 88 valence electrons. The minimum Gasteiger partial charge on any atom is -0.411 e. The molecule has 0 saturated carbocycles. The van der Waals surface area contributed by atoms with E-state index in [1.165, 1.54) is 44.9 Å². The van der Waals surface area contributed by atoms with Gasteiger partial charge < -0.3 is 4.43 Å². The molecule has 15 heavy (non-hydrogen) atoms. The van der Waals surface area contributed by atoms with E-state index in [1.54, 1.807) is 0 Å². The molecule has 0 aliphatic heterocycles. The van der Waals surface area contributed by atoms with Gasteiger partial charge in [0.05, 0.1) is 6.10 Å². The van der Waals surface area contributed by atoms with E-state index < -0.39 is 8.32 Å². The monoisotopic (exact) mass is 226 g/mol. The van der Waals surface area contributed by atoms with Crippen molar-refractivity contribution in [1.29, 1.82) is 0 Å². The van der Waals surface area contributed by atoms with Crippen molar-refractivity contribution in [2.24, 2.45) is 0 Å². The summed E-state index contributed by atoms with van der Waals surface area (Å²) in [5, 5.41) is 0. The lowest BCUT2D eigenvalue weighted by Crippen LogP contribution is -2.31. The summed E-state index contributed by atoms with van der Waals surface area (Å²) in [6, 6.07) is 0. The molecule has 0 heterocycles. The Morgan fingerprint density at radius 3 is 2.40 bits per heavy atom. The van der Waals surface area contributed by atoms with Crippen LogP contribution in [0.15, 0.2) is 12.2 Å². The van der Waals surface area contributed by atoms with E-state index in [4.69, 9.17) is 4.43 Å². The van der Waals surface area contributed by atoms with E-state index in [1.807, 2.05) is 0 Å². The van der Waals surface area contributed by atoms with E-state index in [-0.39, 0.29) is 0 Å². The van der Waals surface area contributed by atoms with Gasteiger partial charge >= 0.3 is 0 Å². The molecule has 1 unspecified atom stereocenters. The molecule has 1 nitrogen and oxygen atoms in total. The minimum absolute atomic E-state index is 0.398. The van der Waals surface area contributed by atoms with E-state index in [9.17, 15) is 0 Å². The Balaban J connectivity index is 2.43. The highest BCUT2D eigenvalue weighted by Crippen LogP contribution is 2.17. The largest absolute Gasteiger partial charge is 0.411 e. The lowest BCUT2D eigenvalue weighted by atomic mass is 10.0. The Hall–Kier alpha value is -0.0831. The zero-order chi connectivity index (χ0) is 11.1. The average molecular weight is 226 g/mol. The van der Waals surface area contributed by atoms with Gasteiger partial charge in [-0.2, -0.15) is 0 Å². The maximum atomic E-state index is 6.16. The van der Waals surface area contributed by atoms with E-state index >= 15 is 0 Å². The highest BCUT2D eigenvalue weighted by atomic mass is 28.4. The second kappa shape index (κ2) is 6.49. The fourth-order valence-corrected chi connectivity index (χ4v) is 3.14. The molecule has 0 aromatic carbocycles. The van der Waals surface area contributed by atoms with Gasteiger partial charge in [0, 0.05) is 0 Å². The predicted molar refractivity (Wildman–Crippen MR) is 69.7 cm³/mol. The molecule has 1 atom stereocenters. The van der Waals surface area contributed by atoms with Gasteiger partial charge in [-0.1, -0.05) is 37.8 Å². The van der Waals surface area contributed by atoms with Gasteiger partial charge in [-0.15, -0.1) is 0 Å². The molecular formula is C13H26OSi. The van der Waals surface area contributed by atoms with Gasteiger partial charge in [-0.3, -0.25) is 0 Å². The molecular weight excluding hydrogens is 200 g/mol. The highest BCUT2D eigenvalue weighted by molar-refractivity contribution is 6.69. The lowest BCUT2D eigenvalue weighted by molar-refractivity contribution is 0.225. The molecule has 0 amide bonds. The number of hydrogen-bond acceptors (Lipinski definition) is 1. The summed E-state index contributed by atoms with van der Waals surface area (Å²) in [4.78, 5) is 0. The van der Waals surface area contributed by atoms with Crippen molar-refractivity contribution >= 4 is 8.32 Å². The Labute approximate surface area is 96.0 Å².